The van der Waals surface area contributed by atoms with Gasteiger partial charge < -0.3 is 9.15 Å². The monoisotopic (exact) mass is 488 g/mol. The number of benzene rings is 2. The third-order valence-electron chi connectivity index (χ3n) is 3.83. The van der Waals surface area contributed by atoms with E-state index < -0.39 is 15.8 Å². The molecule has 0 aliphatic rings. The number of rotatable bonds is 8. The van der Waals surface area contributed by atoms with Crippen molar-refractivity contribution in [3.63, 3.8) is 0 Å². The number of carbonyl (C=O) groups is 1. The number of hydrogen-bond donors (Lipinski definition) is 1. The minimum absolute atomic E-state index is 0.0592. The number of hydrazone groups is 1. The molecule has 3 rings (SSSR count). The van der Waals surface area contributed by atoms with Crippen molar-refractivity contribution in [3.8, 4) is 17.1 Å². The number of nitrogens with zero attached hydrogens (tertiary/aromatic N) is 3. The van der Waals surface area contributed by atoms with E-state index >= 15 is 0 Å². The Morgan fingerprint density at radius 1 is 1.10 bits per heavy atom. The summed E-state index contributed by atoms with van der Waals surface area (Å²) in [5, 5.41) is 25.4. The van der Waals surface area contributed by atoms with Crippen molar-refractivity contribution in [1.82, 2.24) is 5.43 Å². The summed E-state index contributed by atoms with van der Waals surface area (Å²) in [5.74, 6) is 0.424. The largest absolute Gasteiger partial charge is 0.483 e. The van der Waals surface area contributed by atoms with Crippen LogP contribution in [0.5, 0.6) is 5.75 Å². The fourth-order valence-corrected chi connectivity index (χ4v) is 2.90. The third kappa shape index (κ3) is 5.73. The van der Waals surface area contributed by atoms with Crippen LogP contribution in [0, 0.1) is 20.2 Å². The van der Waals surface area contributed by atoms with Crippen LogP contribution >= 0.6 is 15.9 Å². The minimum atomic E-state index is -0.563. The fraction of sp³-hybridized carbons (Fsp3) is 0.0526. The Labute approximate surface area is 182 Å². The molecule has 0 atom stereocenters. The molecule has 1 amide bonds. The summed E-state index contributed by atoms with van der Waals surface area (Å²) in [7, 11) is 0. The summed E-state index contributed by atoms with van der Waals surface area (Å²) in [6.07, 6.45) is 1.26. The molecule has 0 fully saturated rings. The fourth-order valence-electron chi connectivity index (χ4n) is 2.41. The second-order valence-electron chi connectivity index (χ2n) is 5.96. The Hall–Kier alpha value is -4.06. The second kappa shape index (κ2) is 9.63. The number of halogens is 1. The van der Waals surface area contributed by atoms with E-state index in [9.17, 15) is 25.0 Å². The third-order valence-corrected chi connectivity index (χ3v) is 4.45. The normalized spacial score (nSPS) is 10.7. The molecule has 11 nitrogen and oxygen atoms in total. The van der Waals surface area contributed by atoms with Crippen LogP contribution < -0.4 is 10.2 Å². The number of ether oxygens (including phenoxy) is 1. The average molecular weight is 489 g/mol. The molecule has 1 aromatic heterocycles. The molecule has 0 saturated carbocycles. The quantitative estimate of drug-likeness (QED) is 0.285. The van der Waals surface area contributed by atoms with Gasteiger partial charge in [-0.2, -0.15) is 5.10 Å². The van der Waals surface area contributed by atoms with Gasteiger partial charge in [-0.1, -0.05) is 12.1 Å². The van der Waals surface area contributed by atoms with E-state index in [1.165, 1.54) is 36.5 Å². The highest BCUT2D eigenvalue weighted by molar-refractivity contribution is 9.10. The van der Waals surface area contributed by atoms with Gasteiger partial charge in [-0.3, -0.25) is 25.0 Å². The van der Waals surface area contributed by atoms with E-state index in [0.717, 1.165) is 0 Å². The lowest BCUT2D eigenvalue weighted by molar-refractivity contribution is -0.385. The van der Waals surface area contributed by atoms with Crippen LogP contribution in [0.3, 0.4) is 0 Å². The first-order valence-corrected chi connectivity index (χ1v) is 9.36. The summed E-state index contributed by atoms with van der Waals surface area (Å²) in [6, 6.07) is 13.1. The molecule has 0 bridgehead atoms. The predicted octanol–water partition coefficient (Wildman–Crippen LogP) is 4.05. The summed E-state index contributed by atoms with van der Waals surface area (Å²) < 4.78 is 11.2. The Bertz CT molecular complexity index is 1180. The summed E-state index contributed by atoms with van der Waals surface area (Å²) in [4.78, 5) is 32.4. The van der Waals surface area contributed by atoms with Crippen LogP contribution in [0.15, 0.2) is 68.6 Å². The number of furan rings is 1. The molecule has 12 heteroatoms. The second-order valence-corrected chi connectivity index (χ2v) is 6.82. The number of nitro groups is 2. The van der Waals surface area contributed by atoms with E-state index in [-0.39, 0.29) is 23.7 Å². The zero-order valence-electron chi connectivity index (χ0n) is 15.6. The first-order valence-electron chi connectivity index (χ1n) is 8.57. The number of amides is 1. The van der Waals surface area contributed by atoms with Gasteiger partial charge in [-0.15, -0.1) is 0 Å². The van der Waals surface area contributed by atoms with Crippen molar-refractivity contribution in [2.24, 2.45) is 5.10 Å². The van der Waals surface area contributed by atoms with Gasteiger partial charge in [0.1, 0.15) is 17.3 Å². The lowest BCUT2D eigenvalue weighted by Crippen LogP contribution is -2.24. The van der Waals surface area contributed by atoms with Gasteiger partial charge in [0.2, 0.25) is 0 Å². The first kappa shape index (κ1) is 21.6. The Morgan fingerprint density at radius 2 is 1.84 bits per heavy atom. The standard InChI is InChI=1S/C19H13BrN4O7/c20-16-9-14(24(28)29)4-6-18(16)30-11-19(25)22-21-10-15-5-7-17(31-15)12-2-1-3-13(8-12)23(26)27/h1-10H,11H2,(H,22,25)/b21-10+. The number of carbonyl (C=O) groups excluding carboxylic acids is 1. The van der Waals surface area contributed by atoms with Crippen molar-refractivity contribution >= 4 is 39.4 Å². The highest BCUT2D eigenvalue weighted by Gasteiger charge is 2.12. The van der Waals surface area contributed by atoms with Crippen LogP contribution in [-0.4, -0.2) is 28.6 Å². The van der Waals surface area contributed by atoms with Gasteiger partial charge >= 0.3 is 0 Å². The Balaban J connectivity index is 1.54. The van der Waals surface area contributed by atoms with Crippen molar-refractivity contribution in [2.45, 2.75) is 0 Å². The molecule has 0 unspecified atom stereocenters. The molecular formula is C19H13BrN4O7. The SMILES string of the molecule is O=C(COc1ccc([N+](=O)[O-])cc1Br)N/N=C/c1ccc(-c2cccc([N+](=O)[O-])c2)o1. The van der Waals surface area contributed by atoms with Gasteiger partial charge in [-0.05, 0) is 34.1 Å². The molecule has 158 valence electrons. The maximum Gasteiger partial charge on any atom is 0.277 e. The summed E-state index contributed by atoms with van der Waals surface area (Å²) >= 11 is 3.14. The zero-order valence-corrected chi connectivity index (χ0v) is 17.1. The number of non-ortho nitro benzene ring substituents is 2. The molecular weight excluding hydrogens is 476 g/mol. The highest BCUT2D eigenvalue weighted by Crippen LogP contribution is 2.29. The van der Waals surface area contributed by atoms with Crippen molar-refractivity contribution in [3.05, 3.63) is 85.1 Å². The summed E-state index contributed by atoms with van der Waals surface area (Å²) in [6.45, 7) is -0.370. The van der Waals surface area contributed by atoms with E-state index in [0.29, 0.717) is 21.6 Å². The van der Waals surface area contributed by atoms with Gasteiger partial charge in [-0.25, -0.2) is 5.43 Å². The zero-order chi connectivity index (χ0) is 22.4. The lowest BCUT2D eigenvalue weighted by atomic mass is 10.1. The average Bonchev–Trinajstić information content (AvgIpc) is 3.21. The van der Waals surface area contributed by atoms with Crippen molar-refractivity contribution in [2.75, 3.05) is 6.61 Å². The molecule has 1 heterocycles. The maximum absolute atomic E-state index is 11.9. The molecule has 0 spiro atoms. The number of hydrogen-bond acceptors (Lipinski definition) is 8. The van der Waals surface area contributed by atoms with Gasteiger partial charge in [0.05, 0.1) is 20.5 Å². The smallest absolute Gasteiger partial charge is 0.277 e. The van der Waals surface area contributed by atoms with Gasteiger partial charge in [0, 0.05) is 29.8 Å². The van der Waals surface area contributed by atoms with Crippen LogP contribution in [0.1, 0.15) is 5.76 Å². The molecule has 1 N–H and O–H groups in total. The molecule has 0 aliphatic carbocycles. The number of nitro benzene ring substituents is 2. The molecule has 31 heavy (non-hydrogen) atoms. The van der Waals surface area contributed by atoms with E-state index in [2.05, 4.69) is 26.5 Å². The molecule has 2 aromatic carbocycles. The van der Waals surface area contributed by atoms with Crippen molar-refractivity contribution in [1.29, 1.82) is 0 Å². The highest BCUT2D eigenvalue weighted by atomic mass is 79.9. The van der Waals surface area contributed by atoms with Crippen molar-refractivity contribution < 1.29 is 23.8 Å². The first-order chi connectivity index (χ1) is 14.8. The van der Waals surface area contributed by atoms with Crippen LogP contribution in [0.2, 0.25) is 0 Å². The Kier molecular flexibility index (Phi) is 6.72. The van der Waals surface area contributed by atoms with E-state index in [1.807, 2.05) is 0 Å². The van der Waals surface area contributed by atoms with Gasteiger partial charge in [0.15, 0.2) is 6.61 Å². The molecule has 0 aliphatic heterocycles. The number of nitrogens with one attached hydrogen (secondary N) is 1. The minimum Gasteiger partial charge on any atom is -0.483 e. The Morgan fingerprint density at radius 3 is 2.55 bits per heavy atom. The van der Waals surface area contributed by atoms with Crippen LogP contribution in [-0.2, 0) is 4.79 Å². The molecule has 3 aromatic rings. The summed E-state index contributed by atoms with van der Waals surface area (Å²) in [5.41, 5.74) is 2.61. The molecule has 0 saturated heterocycles. The van der Waals surface area contributed by atoms with Crippen LogP contribution in [0.25, 0.3) is 11.3 Å². The van der Waals surface area contributed by atoms with Gasteiger partial charge in [0.25, 0.3) is 17.3 Å². The maximum atomic E-state index is 11.9. The topological polar surface area (TPSA) is 150 Å². The predicted molar refractivity (Wildman–Crippen MR) is 113 cm³/mol. The van der Waals surface area contributed by atoms with Crippen LogP contribution in [0.4, 0.5) is 11.4 Å². The van der Waals surface area contributed by atoms with E-state index in [4.69, 9.17) is 9.15 Å². The molecule has 0 radical (unpaired) electrons. The van der Waals surface area contributed by atoms with E-state index in [1.54, 1.807) is 24.3 Å². The lowest BCUT2D eigenvalue weighted by Gasteiger charge is -2.06.